The first-order valence-electron chi connectivity index (χ1n) is 21.6. The average Bonchev–Trinajstić information content (AvgIpc) is 3.29. The van der Waals surface area contributed by atoms with Crippen LogP contribution in [0.4, 0.5) is 16.2 Å². The van der Waals surface area contributed by atoms with Crippen molar-refractivity contribution in [3.05, 3.63) is 102 Å². The lowest BCUT2D eigenvalue weighted by Crippen LogP contribution is -2.36. The molecule has 1 fully saturated rings. The molecule has 0 spiro atoms. The molecule has 64 heavy (non-hydrogen) atoms. The third-order valence-electron chi connectivity index (χ3n) is 10.6. The second kappa shape index (κ2) is 23.7. The van der Waals surface area contributed by atoms with Crippen LogP contribution >= 0.6 is 0 Å². The number of nitrogens with zero attached hydrogens (tertiary/aromatic N) is 3. The van der Waals surface area contributed by atoms with E-state index in [1.54, 1.807) is 38.6 Å². The van der Waals surface area contributed by atoms with Gasteiger partial charge in [0, 0.05) is 62.1 Å². The number of carbonyl (C=O) groups is 2. The molecule has 0 unspecified atom stereocenters. The van der Waals surface area contributed by atoms with Crippen LogP contribution in [0.1, 0.15) is 60.9 Å². The molecule has 0 aliphatic carbocycles. The highest BCUT2D eigenvalue weighted by atomic mass is 16.6. The molecule has 0 bridgehead atoms. The Balaban J connectivity index is 1.11. The smallest absolute Gasteiger partial charge is 0.323 e. The summed E-state index contributed by atoms with van der Waals surface area (Å²) in [4.78, 5) is 39.0. The number of hydrogen-bond acceptors (Lipinski definition) is 13. The van der Waals surface area contributed by atoms with Gasteiger partial charge in [-0.1, -0.05) is 45.0 Å². The number of aromatic nitrogens is 2. The summed E-state index contributed by atoms with van der Waals surface area (Å²) in [6.07, 6.45) is 3.11. The molecule has 1 saturated heterocycles. The van der Waals surface area contributed by atoms with Crippen LogP contribution in [-0.4, -0.2) is 121 Å². The molecule has 1 aliphatic heterocycles. The first kappa shape index (κ1) is 47.6. The van der Waals surface area contributed by atoms with Crippen LogP contribution in [-0.2, 0) is 30.8 Å². The van der Waals surface area contributed by atoms with Crippen molar-refractivity contribution < 1.29 is 47.5 Å². The van der Waals surface area contributed by atoms with Crippen LogP contribution in [0.2, 0.25) is 0 Å². The predicted molar refractivity (Wildman–Crippen MR) is 246 cm³/mol. The Bertz CT molecular complexity index is 2310. The highest BCUT2D eigenvalue weighted by Crippen LogP contribution is 2.38. The van der Waals surface area contributed by atoms with Gasteiger partial charge in [0.2, 0.25) is 5.88 Å². The minimum absolute atomic E-state index is 0.0363. The van der Waals surface area contributed by atoms with Gasteiger partial charge in [-0.25, -0.2) is 9.78 Å². The molecular formula is C49H61N5O10. The van der Waals surface area contributed by atoms with Gasteiger partial charge in [-0.15, -0.1) is 0 Å². The zero-order valence-corrected chi connectivity index (χ0v) is 37.8. The number of rotatable bonds is 23. The van der Waals surface area contributed by atoms with E-state index in [2.05, 4.69) is 41.3 Å². The highest BCUT2D eigenvalue weighted by molar-refractivity contribution is 6.09. The highest BCUT2D eigenvalue weighted by Gasteiger charge is 2.24. The molecule has 0 saturated carbocycles. The van der Waals surface area contributed by atoms with E-state index in [4.69, 9.17) is 42.9 Å². The lowest BCUT2D eigenvalue weighted by Gasteiger charge is -2.26. The van der Waals surface area contributed by atoms with E-state index in [9.17, 15) is 9.59 Å². The van der Waals surface area contributed by atoms with Crippen molar-refractivity contribution in [2.45, 2.75) is 45.4 Å². The van der Waals surface area contributed by atoms with E-state index in [-0.39, 0.29) is 11.2 Å². The van der Waals surface area contributed by atoms with Crippen molar-refractivity contribution in [1.82, 2.24) is 14.9 Å². The number of hydrogen-bond donors (Lipinski definition) is 2. The fourth-order valence-electron chi connectivity index (χ4n) is 7.18. The zero-order valence-electron chi connectivity index (χ0n) is 37.8. The molecular weight excluding hydrogens is 819 g/mol. The van der Waals surface area contributed by atoms with Crippen LogP contribution in [0, 0.1) is 0 Å². The number of ketones is 1. The molecule has 15 heteroatoms. The van der Waals surface area contributed by atoms with Crippen LogP contribution in [0.5, 0.6) is 28.9 Å². The summed E-state index contributed by atoms with van der Waals surface area (Å²) in [6.45, 7) is 13.0. The summed E-state index contributed by atoms with van der Waals surface area (Å²) in [5.41, 5.74) is 2.90. The number of anilines is 2. The molecule has 15 nitrogen and oxygen atoms in total. The largest absolute Gasteiger partial charge is 0.497 e. The molecule has 1 aliphatic rings. The molecule has 1 aromatic heterocycles. The summed E-state index contributed by atoms with van der Waals surface area (Å²) in [6, 6.07) is 21.8. The number of urea groups is 1. The van der Waals surface area contributed by atoms with E-state index in [1.165, 1.54) is 7.11 Å². The number of carbonyl (C=O) groups excluding carboxylic acids is 2. The molecule has 342 valence electrons. The summed E-state index contributed by atoms with van der Waals surface area (Å²) < 4.78 is 45.2. The van der Waals surface area contributed by atoms with Gasteiger partial charge in [-0.2, -0.15) is 4.98 Å². The van der Waals surface area contributed by atoms with Crippen LogP contribution < -0.4 is 29.6 Å². The van der Waals surface area contributed by atoms with Crippen molar-refractivity contribution in [1.29, 1.82) is 0 Å². The predicted octanol–water partition coefficient (Wildman–Crippen LogP) is 8.33. The minimum atomic E-state index is -0.492. The van der Waals surface area contributed by atoms with Crippen LogP contribution in [0.15, 0.2) is 79.0 Å². The first-order chi connectivity index (χ1) is 31.0. The standard InChI is InChI=1S/C49H61N5O10/c1-49(2,3)35-31-40(43(55)12-9-17-54-18-20-60-21-19-54)47(59-6)42(32-35)52-48(56)51-41-13-14-44(39-11-8-7-10-38(39)41)64-46-15-16-50-45(53-46)30-34-28-36(58-5)33-37(29-34)63-27-26-62-25-24-61-23-22-57-4/h7-8,10-11,13-16,28-29,31-33H,9,12,17-27,30H2,1-6H3,(H2,51,52,56). The molecule has 4 aromatic carbocycles. The third-order valence-corrected chi connectivity index (χ3v) is 10.6. The van der Waals surface area contributed by atoms with Gasteiger partial charge in [0.05, 0.1) is 77.4 Å². The molecule has 0 atom stereocenters. The van der Waals surface area contributed by atoms with Crippen molar-refractivity contribution in [3.63, 3.8) is 0 Å². The molecule has 2 heterocycles. The Morgan fingerprint density at radius 1 is 0.781 bits per heavy atom. The van der Waals surface area contributed by atoms with Gasteiger partial charge in [0.25, 0.3) is 0 Å². The van der Waals surface area contributed by atoms with E-state index in [0.717, 1.165) is 41.5 Å². The van der Waals surface area contributed by atoms with E-state index in [1.807, 2.05) is 54.6 Å². The first-order valence-corrected chi connectivity index (χ1v) is 21.6. The van der Waals surface area contributed by atoms with Crippen molar-refractivity contribution in [3.8, 4) is 28.9 Å². The van der Waals surface area contributed by atoms with Crippen LogP contribution in [0.25, 0.3) is 10.8 Å². The monoisotopic (exact) mass is 879 g/mol. The molecule has 6 rings (SSSR count). The third kappa shape index (κ3) is 13.8. The molecule has 2 amide bonds. The summed E-state index contributed by atoms with van der Waals surface area (Å²) in [5.74, 6) is 3.01. The normalized spacial score (nSPS) is 13.1. The molecule has 5 aromatic rings. The maximum Gasteiger partial charge on any atom is 0.323 e. The Morgan fingerprint density at radius 3 is 2.23 bits per heavy atom. The second-order valence-electron chi connectivity index (χ2n) is 16.2. The topological polar surface area (TPSA) is 161 Å². The average molecular weight is 880 g/mol. The Kier molecular flexibility index (Phi) is 17.7. The summed E-state index contributed by atoms with van der Waals surface area (Å²) in [5, 5.41) is 7.50. The maximum absolute atomic E-state index is 13.8. The lowest BCUT2D eigenvalue weighted by molar-refractivity contribution is 0.0179. The van der Waals surface area contributed by atoms with Gasteiger partial charge in [-0.05, 0) is 65.9 Å². The number of ether oxygens (including phenoxy) is 8. The van der Waals surface area contributed by atoms with Crippen molar-refractivity contribution in [2.24, 2.45) is 0 Å². The maximum atomic E-state index is 13.8. The Hall–Kier alpha value is -5.84. The molecule has 0 radical (unpaired) electrons. The summed E-state index contributed by atoms with van der Waals surface area (Å²) in [7, 11) is 4.76. The number of nitrogens with one attached hydrogen (secondary N) is 2. The zero-order chi connectivity index (χ0) is 45.3. The quantitative estimate of drug-likeness (QED) is 0.0477. The number of amides is 2. The van der Waals surface area contributed by atoms with Crippen LogP contribution in [0.3, 0.4) is 0 Å². The SMILES string of the molecule is COCCOCCOCCOc1cc(Cc2nccc(Oc3ccc(NC(=O)Nc4cc(C(C)(C)C)cc(C(=O)CCCN5CCOCC5)c4OC)c4ccccc34)n2)cc(OC)c1. The van der Waals surface area contributed by atoms with Gasteiger partial charge < -0.3 is 48.5 Å². The number of methoxy groups -OCH3 is 3. The second-order valence-corrected chi connectivity index (χ2v) is 16.2. The Morgan fingerprint density at radius 2 is 1.50 bits per heavy atom. The molecule has 2 N–H and O–H groups in total. The Labute approximate surface area is 375 Å². The van der Waals surface area contributed by atoms with Crippen molar-refractivity contribution in [2.75, 3.05) is 104 Å². The number of morpholine rings is 1. The van der Waals surface area contributed by atoms with Crippen molar-refractivity contribution >= 4 is 34.0 Å². The van der Waals surface area contributed by atoms with Gasteiger partial charge in [0.15, 0.2) is 11.5 Å². The fourth-order valence-corrected chi connectivity index (χ4v) is 7.18. The summed E-state index contributed by atoms with van der Waals surface area (Å²) >= 11 is 0. The number of benzene rings is 4. The van der Waals surface area contributed by atoms with E-state index < -0.39 is 6.03 Å². The van der Waals surface area contributed by atoms with Gasteiger partial charge in [-0.3, -0.25) is 9.69 Å². The van der Waals surface area contributed by atoms with E-state index in [0.29, 0.717) is 124 Å². The van der Waals surface area contributed by atoms with Gasteiger partial charge in [0.1, 0.15) is 29.7 Å². The number of Topliss-reactive ketones (excluding diaryl/α,β-unsaturated/α-hetero) is 1. The number of fused-ring (bicyclic) bond motifs is 1. The fraction of sp³-hybridized carbons (Fsp3) is 0.429. The lowest BCUT2D eigenvalue weighted by atomic mass is 9.84. The minimum Gasteiger partial charge on any atom is -0.497 e. The van der Waals surface area contributed by atoms with Gasteiger partial charge >= 0.3 is 6.03 Å². The van der Waals surface area contributed by atoms with E-state index >= 15 is 0 Å².